The number of nitrogens with one attached hydrogen (secondary N) is 2. The first-order chi connectivity index (χ1) is 8.02. The normalized spacial score (nSPS) is 9.82. The number of urea groups is 1. The second-order valence-corrected chi connectivity index (χ2v) is 4.30. The van der Waals surface area contributed by atoms with E-state index in [1.807, 2.05) is 0 Å². The largest absolute Gasteiger partial charge is 0.325 e. The van der Waals surface area contributed by atoms with Crippen molar-refractivity contribution in [2.45, 2.75) is 6.42 Å². The van der Waals surface area contributed by atoms with Gasteiger partial charge in [-0.3, -0.25) is 10.1 Å². The quantitative estimate of drug-likeness (QED) is 0.840. The lowest BCUT2D eigenvalue weighted by molar-refractivity contribution is -0.119. The molecule has 17 heavy (non-hydrogen) atoms. The second-order valence-electron chi connectivity index (χ2n) is 3.07. The van der Waals surface area contributed by atoms with Gasteiger partial charge in [0.1, 0.15) is 5.82 Å². The first kappa shape index (κ1) is 13.9. The van der Waals surface area contributed by atoms with Crippen molar-refractivity contribution in [3.05, 3.63) is 28.5 Å². The minimum Gasteiger partial charge on any atom is -0.308 e. The Balaban J connectivity index is 2.56. The highest BCUT2D eigenvalue weighted by Crippen LogP contribution is 2.19. The van der Waals surface area contributed by atoms with E-state index in [2.05, 4.69) is 26.6 Å². The Labute approximate surface area is 111 Å². The minimum absolute atomic E-state index is 0.0453. The number of anilines is 1. The van der Waals surface area contributed by atoms with Crippen molar-refractivity contribution in [1.29, 1.82) is 0 Å². The molecular formula is C10H9BrClFN2O2. The van der Waals surface area contributed by atoms with Crippen LogP contribution in [-0.2, 0) is 4.79 Å². The standard InChI is InChI=1S/C10H9BrClFN2O2/c11-7-2-1-6(5-8(7)13)14-10(17)15-9(16)3-4-12/h1-2,5H,3-4H2,(H2,14,15,16,17). The van der Waals surface area contributed by atoms with Crippen LogP contribution in [-0.4, -0.2) is 17.8 Å². The number of carbonyl (C=O) groups is 2. The molecule has 7 heteroatoms. The fourth-order valence-corrected chi connectivity index (χ4v) is 1.43. The summed E-state index contributed by atoms with van der Waals surface area (Å²) >= 11 is 8.32. The van der Waals surface area contributed by atoms with Crippen LogP contribution >= 0.6 is 27.5 Å². The van der Waals surface area contributed by atoms with Crippen molar-refractivity contribution in [2.75, 3.05) is 11.2 Å². The topological polar surface area (TPSA) is 58.2 Å². The summed E-state index contributed by atoms with van der Waals surface area (Å²) in [5, 5.41) is 4.38. The summed E-state index contributed by atoms with van der Waals surface area (Å²) in [5.41, 5.74) is 0.252. The molecule has 1 rings (SSSR count). The Morgan fingerprint density at radius 1 is 1.41 bits per heavy atom. The van der Waals surface area contributed by atoms with E-state index in [9.17, 15) is 14.0 Å². The van der Waals surface area contributed by atoms with E-state index in [0.717, 1.165) is 6.07 Å². The summed E-state index contributed by atoms with van der Waals surface area (Å²) in [4.78, 5) is 22.3. The minimum atomic E-state index is -0.721. The second kappa shape index (κ2) is 6.56. The van der Waals surface area contributed by atoms with E-state index in [0.29, 0.717) is 4.47 Å². The average Bonchev–Trinajstić information content (AvgIpc) is 2.23. The summed E-state index contributed by atoms with van der Waals surface area (Å²) in [6, 6.07) is 3.36. The molecule has 3 amide bonds. The number of rotatable bonds is 3. The molecule has 0 saturated heterocycles. The highest BCUT2D eigenvalue weighted by atomic mass is 79.9. The van der Waals surface area contributed by atoms with Crippen LogP contribution < -0.4 is 10.6 Å². The predicted octanol–water partition coefficient (Wildman–Crippen LogP) is 2.87. The molecule has 0 bridgehead atoms. The summed E-state index contributed by atoms with van der Waals surface area (Å²) in [6.07, 6.45) is 0.0453. The highest BCUT2D eigenvalue weighted by molar-refractivity contribution is 9.10. The van der Waals surface area contributed by atoms with Gasteiger partial charge in [0.05, 0.1) is 4.47 Å². The van der Waals surface area contributed by atoms with Gasteiger partial charge in [-0.25, -0.2) is 9.18 Å². The molecule has 0 aliphatic carbocycles. The zero-order valence-corrected chi connectivity index (χ0v) is 10.9. The van der Waals surface area contributed by atoms with Gasteiger partial charge in [0.2, 0.25) is 5.91 Å². The number of alkyl halides is 1. The van der Waals surface area contributed by atoms with Crippen molar-refractivity contribution in [3.63, 3.8) is 0 Å². The Bertz CT molecular complexity index is 442. The van der Waals surface area contributed by atoms with E-state index in [-0.39, 0.29) is 18.0 Å². The summed E-state index contributed by atoms with van der Waals surface area (Å²) in [7, 11) is 0. The third-order valence-corrected chi connectivity index (χ3v) is 2.58. The molecule has 0 aromatic heterocycles. The Morgan fingerprint density at radius 3 is 2.71 bits per heavy atom. The number of carbonyl (C=O) groups excluding carboxylic acids is 2. The van der Waals surface area contributed by atoms with Gasteiger partial charge < -0.3 is 5.32 Å². The van der Waals surface area contributed by atoms with Crippen LogP contribution in [0.4, 0.5) is 14.9 Å². The maximum Gasteiger partial charge on any atom is 0.325 e. The molecule has 0 heterocycles. The summed E-state index contributed by atoms with van der Waals surface area (Å²) < 4.78 is 13.4. The van der Waals surface area contributed by atoms with Crippen molar-refractivity contribution in [1.82, 2.24) is 5.32 Å². The number of hydrogen-bond donors (Lipinski definition) is 2. The fourth-order valence-electron chi connectivity index (χ4n) is 1.01. The molecule has 0 atom stereocenters. The Kier molecular flexibility index (Phi) is 5.37. The van der Waals surface area contributed by atoms with E-state index < -0.39 is 17.8 Å². The zero-order chi connectivity index (χ0) is 12.8. The lowest BCUT2D eigenvalue weighted by Crippen LogP contribution is -2.34. The maximum absolute atomic E-state index is 13.1. The molecule has 0 spiro atoms. The molecule has 1 aromatic rings. The average molecular weight is 324 g/mol. The maximum atomic E-state index is 13.1. The molecule has 0 saturated carbocycles. The van der Waals surface area contributed by atoms with Gasteiger partial charge in [-0.15, -0.1) is 11.6 Å². The number of hydrogen-bond acceptors (Lipinski definition) is 2. The SMILES string of the molecule is O=C(CCCl)NC(=O)Nc1ccc(Br)c(F)c1. The smallest absolute Gasteiger partial charge is 0.308 e. The van der Waals surface area contributed by atoms with Crippen LogP contribution in [0.1, 0.15) is 6.42 Å². The molecular weight excluding hydrogens is 314 g/mol. The van der Waals surface area contributed by atoms with E-state index in [4.69, 9.17) is 11.6 Å². The van der Waals surface area contributed by atoms with Gasteiger partial charge >= 0.3 is 6.03 Å². The van der Waals surface area contributed by atoms with Gasteiger partial charge in [-0.1, -0.05) is 0 Å². The van der Waals surface area contributed by atoms with Gasteiger partial charge in [-0.05, 0) is 34.1 Å². The first-order valence-corrected chi connectivity index (χ1v) is 5.97. The number of imide groups is 1. The van der Waals surface area contributed by atoms with Crippen LogP contribution in [0, 0.1) is 5.82 Å². The molecule has 92 valence electrons. The monoisotopic (exact) mass is 322 g/mol. The third-order valence-electron chi connectivity index (χ3n) is 1.75. The van der Waals surface area contributed by atoms with Crippen molar-refractivity contribution in [3.8, 4) is 0 Å². The number of amides is 3. The predicted molar refractivity (Wildman–Crippen MR) is 66.6 cm³/mol. The lowest BCUT2D eigenvalue weighted by Gasteiger charge is -2.06. The van der Waals surface area contributed by atoms with E-state index in [1.165, 1.54) is 12.1 Å². The zero-order valence-electron chi connectivity index (χ0n) is 8.60. The van der Waals surface area contributed by atoms with Gasteiger partial charge in [-0.2, -0.15) is 0 Å². The van der Waals surface area contributed by atoms with E-state index in [1.54, 1.807) is 0 Å². The molecule has 1 aromatic carbocycles. The van der Waals surface area contributed by atoms with Crippen LogP contribution in [0.2, 0.25) is 0 Å². The Hall–Kier alpha value is -1.14. The first-order valence-electron chi connectivity index (χ1n) is 4.65. The van der Waals surface area contributed by atoms with Gasteiger partial charge in [0, 0.05) is 18.0 Å². The molecule has 0 aliphatic rings. The molecule has 2 N–H and O–H groups in total. The molecule has 0 fully saturated rings. The number of halogens is 3. The van der Waals surface area contributed by atoms with Crippen molar-refractivity contribution in [2.24, 2.45) is 0 Å². The van der Waals surface area contributed by atoms with Crippen molar-refractivity contribution >= 4 is 45.2 Å². The van der Waals surface area contributed by atoms with Crippen molar-refractivity contribution < 1.29 is 14.0 Å². The molecule has 4 nitrogen and oxygen atoms in total. The highest BCUT2D eigenvalue weighted by Gasteiger charge is 2.08. The molecule has 0 unspecified atom stereocenters. The number of benzene rings is 1. The van der Waals surface area contributed by atoms with Crippen LogP contribution in [0.5, 0.6) is 0 Å². The van der Waals surface area contributed by atoms with Crippen LogP contribution in [0.3, 0.4) is 0 Å². The lowest BCUT2D eigenvalue weighted by atomic mass is 10.3. The fraction of sp³-hybridized carbons (Fsp3) is 0.200. The summed E-state index contributed by atoms with van der Waals surface area (Å²) in [5.74, 6) is -0.864. The van der Waals surface area contributed by atoms with Crippen LogP contribution in [0.25, 0.3) is 0 Å². The molecule has 0 aliphatic heterocycles. The van der Waals surface area contributed by atoms with Crippen LogP contribution in [0.15, 0.2) is 22.7 Å². The molecule has 0 radical (unpaired) electrons. The Morgan fingerprint density at radius 2 is 2.12 bits per heavy atom. The van der Waals surface area contributed by atoms with E-state index >= 15 is 0 Å². The third kappa shape index (κ3) is 4.70. The van der Waals surface area contributed by atoms with Gasteiger partial charge in [0.25, 0.3) is 0 Å². The summed E-state index contributed by atoms with van der Waals surface area (Å²) in [6.45, 7) is 0. The van der Waals surface area contributed by atoms with Gasteiger partial charge in [0.15, 0.2) is 0 Å².